The van der Waals surface area contributed by atoms with Gasteiger partial charge in [0.1, 0.15) is 6.04 Å². The van der Waals surface area contributed by atoms with Crippen LogP contribution in [0, 0.1) is 0 Å². The van der Waals surface area contributed by atoms with E-state index in [0.717, 1.165) is 36.3 Å². The molecule has 124 valence electrons. The summed E-state index contributed by atoms with van der Waals surface area (Å²) in [6, 6.07) is 18.3. The predicted molar refractivity (Wildman–Crippen MR) is 97.2 cm³/mol. The molecule has 0 saturated carbocycles. The molecule has 0 aromatic heterocycles. The lowest BCUT2D eigenvalue weighted by atomic mass is 10.1. The van der Waals surface area contributed by atoms with Crippen molar-refractivity contribution in [3.8, 4) is 0 Å². The second-order valence-electron chi connectivity index (χ2n) is 6.79. The van der Waals surface area contributed by atoms with E-state index in [1.54, 1.807) is 0 Å². The molecule has 0 radical (unpaired) electrons. The van der Waals surface area contributed by atoms with Crippen LogP contribution in [0.5, 0.6) is 0 Å². The first-order chi connectivity index (χ1) is 11.7. The first-order valence-electron chi connectivity index (χ1n) is 8.58. The van der Waals surface area contributed by atoms with Crippen molar-refractivity contribution in [2.24, 2.45) is 0 Å². The lowest BCUT2D eigenvalue weighted by Crippen LogP contribution is -2.35. The van der Waals surface area contributed by atoms with Gasteiger partial charge in [0.15, 0.2) is 0 Å². The van der Waals surface area contributed by atoms with Crippen LogP contribution >= 0.6 is 0 Å². The van der Waals surface area contributed by atoms with Crippen molar-refractivity contribution >= 4 is 17.3 Å². The van der Waals surface area contributed by atoms with Crippen molar-refractivity contribution in [3.63, 3.8) is 0 Å². The Morgan fingerprint density at radius 2 is 1.71 bits per heavy atom. The topological polar surface area (TPSA) is 26.8 Å². The standard InChI is InChI=1S/C20H23N3O/c1-21(2)16-10-12-17(13-11-16)23-18-9-6-14-22(18)19(20(23)24)15-7-4-3-5-8-15/h3-5,7-8,10-13,18-19H,6,9,14H2,1-2H3/t18-,19+/m0/s1. The highest BCUT2D eigenvalue weighted by Crippen LogP contribution is 2.41. The molecule has 4 heteroatoms. The Morgan fingerprint density at radius 1 is 1.00 bits per heavy atom. The highest BCUT2D eigenvalue weighted by molar-refractivity contribution is 6.00. The first kappa shape index (κ1) is 15.2. The van der Waals surface area contributed by atoms with Gasteiger partial charge in [0, 0.05) is 32.0 Å². The van der Waals surface area contributed by atoms with Gasteiger partial charge in [-0.1, -0.05) is 30.3 Å². The lowest BCUT2D eigenvalue weighted by molar-refractivity contribution is -0.119. The van der Waals surface area contributed by atoms with E-state index >= 15 is 0 Å². The van der Waals surface area contributed by atoms with Gasteiger partial charge in [-0.15, -0.1) is 0 Å². The minimum absolute atomic E-state index is 0.146. The maximum atomic E-state index is 13.2. The number of hydrogen-bond donors (Lipinski definition) is 0. The maximum absolute atomic E-state index is 13.2. The normalized spacial score (nSPS) is 23.6. The van der Waals surface area contributed by atoms with Gasteiger partial charge >= 0.3 is 0 Å². The molecule has 2 heterocycles. The Balaban J connectivity index is 1.70. The molecule has 0 N–H and O–H groups in total. The SMILES string of the molecule is CN(C)c1ccc(N2C(=O)[C@@H](c3ccccc3)N3CCC[C@H]23)cc1. The largest absolute Gasteiger partial charge is 0.378 e. The Morgan fingerprint density at radius 3 is 2.38 bits per heavy atom. The van der Waals surface area contributed by atoms with Gasteiger partial charge in [-0.25, -0.2) is 0 Å². The molecule has 2 aromatic rings. The van der Waals surface area contributed by atoms with E-state index in [0.29, 0.717) is 0 Å². The molecule has 1 amide bonds. The molecule has 2 aliphatic rings. The van der Waals surface area contributed by atoms with Crippen LogP contribution in [0.2, 0.25) is 0 Å². The number of nitrogens with zero attached hydrogens (tertiary/aromatic N) is 3. The number of rotatable bonds is 3. The van der Waals surface area contributed by atoms with Crippen molar-refractivity contribution < 1.29 is 4.79 Å². The van der Waals surface area contributed by atoms with Crippen molar-refractivity contribution in [1.29, 1.82) is 0 Å². The molecule has 0 bridgehead atoms. The monoisotopic (exact) mass is 321 g/mol. The van der Waals surface area contributed by atoms with Crippen LogP contribution in [0.4, 0.5) is 11.4 Å². The molecule has 2 fully saturated rings. The fourth-order valence-corrected chi connectivity index (χ4v) is 3.95. The summed E-state index contributed by atoms with van der Waals surface area (Å²) < 4.78 is 0. The van der Waals surface area contributed by atoms with Crippen LogP contribution in [0.25, 0.3) is 0 Å². The van der Waals surface area contributed by atoms with E-state index in [4.69, 9.17) is 0 Å². The summed E-state index contributed by atoms with van der Waals surface area (Å²) in [5.74, 6) is 0.198. The zero-order chi connectivity index (χ0) is 16.7. The summed E-state index contributed by atoms with van der Waals surface area (Å²) in [4.78, 5) is 19.6. The van der Waals surface area contributed by atoms with Crippen molar-refractivity contribution in [2.45, 2.75) is 25.0 Å². The fraction of sp³-hybridized carbons (Fsp3) is 0.350. The fourth-order valence-electron chi connectivity index (χ4n) is 3.95. The van der Waals surface area contributed by atoms with Crippen LogP contribution in [0.3, 0.4) is 0 Å². The van der Waals surface area contributed by atoms with Gasteiger partial charge < -0.3 is 4.90 Å². The first-order valence-corrected chi connectivity index (χ1v) is 8.58. The van der Waals surface area contributed by atoms with Crippen LogP contribution in [-0.2, 0) is 4.79 Å². The summed E-state index contributed by atoms with van der Waals surface area (Å²) in [6.07, 6.45) is 2.38. The average molecular weight is 321 g/mol. The van der Waals surface area contributed by atoms with E-state index < -0.39 is 0 Å². The third-order valence-electron chi connectivity index (χ3n) is 5.12. The molecule has 2 atom stereocenters. The number of benzene rings is 2. The molecule has 0 unspecified atom stereocenters. The minimum Gasteiger partial charge on any atom is -0.378 e. The Labute approximate surface area is 143 Å². The van der Waals surface area contributed by atoms with Crippen LogP contribution in [0.15, 0.2) is 54.6 Å². The molecule has 2 aromatic carbocycles. The number of anilines is 2. The van der Waals surface area contributed by atoms with Crippen LogP contribution in [0.1, 0.15) is 24.4 Å². The number of amides is 1. The smallest absolute Gasteiger partial charge is 0.250 e. The number of carbonyl (C=O) groups excluding carboxylic acids is 1. The summed E-state index contributed by atoms with van der Waals surface area (Å²) in [6.45, 7) is 0.988. The molecule has 24 heavy (non-hydrogen) atoms. The van der Waals surface area contributed by atoms with Crippen molar-refractivity contribution in [2.75, 3.05) is 30.4 Å². The summed E-state index contributed by atoms with van der Waals surface area (Å²) in [5.41, 5.74) is 3.25. The van der Waals surface area contributed by atoms with Gasteiger partial charge in [0.2, 0.25) is 5.91 Å². The zero-order valence-electron chi connectivity index (χ0n) is 14.2. The third kappa shape index (κ3) is 2.38. The zero-order valence-corrected chi connectivity index (χ0v) is 14.2. The van der Waals surface area contributed by atoms with E-state index in [9.17, 15) is 4.79 Å². The van der Waals surface area contributed by atoms with Gasteiger partial charge in [0.25, 0.3) is 0 Å². The highest BCUT2D eigenvalue weighted by Gasteiger charge is 2.49. The highest BCUT2D eigenvalue weighted by atomic mass is 16.2. The van der Waals surface area contributed by atoms with E-state index in [-0.39, 0.29) is 18.1 Å². The quantitative estimate of drug-likeness (QED) is 0.868. The molecule has 0 aliphatic carbocycles. The molecule has 4 rings (SSSR count). The van der Waals surface area contributed by atoms with E-state index in [2.05, 4.69) is 46.2 Å². The van der Waals surface area contributed by atoms with Crippen molar-refractivity contribution in [1.82, 2.24) is 4.90 Å². The molecule has 2 aliphatic heterocycles. The molecule has 4 nitrogen and oxygen atoms in total. The number of fused-ring (bicyclic) bond motifs is 1. The van der Waals surface area contributed by atoms with Crippen LogP contribution in [-0.4, -0.2) is 37.6 Å². The minimum atomic E-state index is -0.146. The number of hydrogen-bond acceptors (Lipinski definition) is 3. The molecule has 2 saturated heterocycles. The summed E-state index contributed by atoms with van der Waals surface area (Å²) in [7, 11) is 4.06. The second-order valence-corrected chi connectivity index (χ2v) is 6.79. The molecule has 0 spiro atoms. The summed E-state index contributed by atoms with van der Waals surface area (Å²) >= 11 is 0. The summed E-state index contributed by atoms with van der Waals surface area (Å²) in [5, 5.41) is 0. The molecular formula is C20H23N3O. The van der Waals surface area contributed by atoms with Gasteiger partial charge in [-0.05, 0) is 42.7 Å². The van der Waals surface area contributed by atoms with E-state index in [1.165, 1.54) is 0 Å². The number of carbonyl (C=O) groups is 1. The van der Waals surface area contributed by atoms with Crippen molar-refractivity contribution in [3.05, 3.63) is 60.2 Å². The van der Waals surface area contributed by atoms with Gasteiger partial charge in [-0.3, -0.25) is 14.6 Å². The Hall–Kier alpha value is -2.33. The van der Waals surface area contributed by atoms with Crippen LogP contribution < -0.4 is 9.80 Å². The Kier molecular flexibility index (Phi) is 3.77. The van der Waals surface area contributed by atoms with E-state index in [1.807, 2.05) is 37.2 Å². The maximum Gasteiger partial charge on any atom is 0.250 e. The average Bonchev–Trinajstić information content (AvgIpc) is 3.15. The van der Waals surface area contributed by atoms with Gasteiger partial charge in [-0.2, -0.15) is 0 Å². The predicted octanol–water partition coefficient (Wildman–Crippen LogP) is 3.26. The van der Waals surface area contributed by atoms with Gasteiger partial charge in [0.05, 0.1) is 6.17 Å². The Bertz CT molecular complexity index is 726. The third-order valence-corrected chi connectivity index (χ3v) is 5.12. The second kappa shape index (κ2) is 5.95. The lowest BCUT2D eigenvalue weighted by Gasteiger charge is -2.25. The molecular weight excluding hydrogens is 298 g/mol.